The zero-order valence-electron chi connectivity index (χ0n) is 10.9. The smallest absolute Gasteiger partial charge is 0.365 e. The van der Waals surface area contributed by atoms with Gasteiger partial charge in [0, 0.05) is 44.6 Å². The molecule has 0 radical (unpaired) electrons. The van der Waals surface area contributed by atoms with Crippen LogP contribution in [0.5, 0.6) is 0 Å². The van der Waals surface area contributed by atoms with Gasteiger partial charge >= 0.3 is 5.97 Å². The lowest BCUT2D eigenvalue weighted by molar-refractivity contribution is 0.0695. The number of aromatic carboxylic acids is 1. The molecule has 2 fully saturated rings. The van der Waals surface area contributed by atoms with E-state index in [0.717, 1.165) is 44.3 Å². The van der Waals surface area contributed by atoms with Gasteiger partial charge in [0.15, 0.2) is 0 Å². The molecule has 1 aliphatic heterocycles. The van der Waals surface area contributed by atoms with Crippen molar-refractivity contribution in [2.45, 2.75) is 19.4 Å². The second kappa shape index (κ2) is 5.56. The minimum absolute atomic E-state index is 0.197. The molecule has 0 spiro atoms. The van der Waals surface area contributed by atoms with Crippen molar-refractivity contribution < 1.29 is 9.90 Å². The number of hydrogen-bond acceptors (Lipinski definition) is 5. The fraction of sp³-hybridized carbons (Fsp3) is 0.692. The molecule has 0 amide bonds. The summed E-state index contributed by atoms with van der Waals surface area (Å²) >= 11 is 1.22. The maximum Gasteiger partial charge on any atom is 0.365 e. The zero-order valence-corrected chi connectivity index (χ0v) is 11.7. The van der Waals surface area contributed by atoms with Gasteiger partial charge in [0.25, 0.3) is 0 Å². The van der Waals surface area contributed by atoms with Gasteiger partial charge in [0.2, 0.25) is 5.01 Å². The summed E-state index contributed by atoms with van der Waals surface area (Å²) in [7, 11) is 0. The highest BCUT2D eigenvalue weighted by molar-refractivity contribution is 7.11. The number of rotatable bonds is 5. The number of carboxylic acids is 1. The third-order valence-electron chi connectivity index (χ3n) is 3.80. The van der Waals surface area contributed by atoms with Crippen LogP contribution in [-0.4, -0.2) is 58.6 Å². The molecule has 5 nitrogen and oxygen atoms in total. The normalized spacial score (nSPS) is 21.7. The van der Waals surface area contributed by atoms with Crippen molar-refractivity contribution in [2.24, 2.45) is 5.92 Å². The van der Waals surface area contributed by atoms with Crippen molar-refractivity contribution in [2.75, 3.05) is 32.7 Å². The number of aromatic nitrogens is 1. The van der Waals surface area contributed by atoms with Crippen LogP contribution in [0.15, 0.2) is 5.38 Å². The molecule has 1 saturated carbocycles. The Kier molecular flexibility index (Phi) is 3.81. The Bertz CT molecular complexity index is 450. The minimum atomic E-state index is -0.925. The molecule has 2 aliphatic rings. The van der Waals surface area contributed by atoms with E-state index in [1.54, 1.807) is 0 Å². The average molecular weight is 281 g/mol. The summed E-state index contributed by atoms with van der Waals surface area (Å²) in [5.74, 6) is 0.0358. The standard InChI is InChI=1S/C13H19N3O2S/c17-13(18)12-14-11(9-19-12)8-16-5-3-15(4-6-16)7-10-1-2-10/h9-10H,1-8H2,(H,17,18). The first kappa shape index (κ1) is 13.0. The Hall–Kier alpha value is -0.980. The lowest BCUT2D eigenvalue weighted by Crippen LogP contribution is -2.46. The van der Waals surface area contributed by atoms with Gasteiger partial charge in [-0.05, 0) is 18.8 Å². The number of carboxylic acid groups (broad SMARTS) is 1. The van der Waals surface area contributed by atoms with Crippen molar-refractivity contribution in [1.82, 2.24) is 14.8 Å². The van der Waals surface area contributed by atoms with Gasteiger partial charge in [0.05, 0.1) is 5.69 Å². The van der Waals surface area contributed by atoms with Crippen LogP contribution in [0.25, 0.3) is 0 Å². The molecule has 1 aromatic rings. The van der Waals surface area contributed by atoms with E-state index in [9.17, 15) is 4.79 Å². The van der Waals surface area contributed by atoms with E-state index in [2.05, 4.69) is 14.8 Å². The number of thiazole rings is 1. The first-order valence-electron chi connectivity index (χ1n) is 6.83. The lowest BCUT2D eigenvalue weighted by Gasteiger charge is -2.34. The Morgan fingerprint density at radius 1 is 1.32 bits per heavy atom. The summed E-state index contributed by atoms with van der Waals surface area (Å²) in [6.45, 7) is 6.44. The molecular weight excluding hydrogens is 262 g/mol. The van der Waals surface area contributed by atoms with Crippen LogP contribution in [0.3, 0.4) is 0 Å². The van der Waals surface area contributed by atoms with Crippen LogP contribution >= 0.6 is 11.3 Å². The van der Waals surface area contributed by atoms with Crippen molar-refractivity contribution in [1.29, 1.82) is 0 Å². The molecule has 1 N–H and O–H groups in total. The van der Waals surface area contributed by atoms with Gasteiger partial charge in [-0.1, -0.05) is 0 Å². The molecule has 104 valence electrons. The summed E-state index contributed by atoms with van der Waals surface area (Å²) < 4.78 is 0. The second-order valence-corrected chi connectivity index (χ2v) is 6.33. The summed E-state index contributed by atoms with van der Waals surface area (Å²) in [4.78, 5) is 19.8. The van der Waals surface area contributed by atoms with Crippen LogP contribution in [0.1, 0.15) is 28.3 Å². The molecule has 0 atom stereocenters. The van der Waals surface area contributed by atoms with E-state index < -0.39 is 5.97 Å². The Balaban J connectivity index is 1.46. The second-order valence-electron chi connectivity index (χ2n) is 5.47. The highest BCUT2D eigenvalue weighted by atomic mass is 32.1. The maximum absolute atomic E-state index is 10.8. The summed E-state index contributed by atoms with van der Waals surface area (Å²) in [5, 5.41) is 10.9. The predicted molar refractivity (Wildman–Crippen MR) is 73.5 cm³/mol. The molecule has 0 unspecified atom stereocenters. The number of carbonyl (C=O) groups is 1. The fourth-order valence-corrected chi connectivity index (χ4v) is 3.15. The van der Waals surface area contributed by atoms with Crippen LogP contribution in [0.4, 0.5) is 0 Å². The molecule has 0 bridgehead atoms. The van der Waals surface area contributed by atoms with E-state index in [0.29, 0.717) is 0 Å². The quantitative estimate of drug-likeness (QED) is 0.883. The molecule has 6 heteroatoms. The summed E-state index contributed by atoms with van der Waals surface area (Å²) in [6.07, 6.45) is 2.83. The molecule has 1 aliphatic carbocycles. The summed E-state index contributed by atoms with van der Waals surface area (Å²) in [5.41, 5.74) is 0.887. The SMILES string of the molecule is O=C(O)c1nc(CN2CCN(CC3CC3)CC2)cs1. The molecule has 3 rings (SSSR count). The molecular formula is C13H19N3O2S. The molecule has 0 aromatic carbocycles. The van der Waals surface area contributed by atoms with Crippen LogP contribution < -0.4 is 0 Å². The Morgan fingerprint density at radius 2 is 2.00 bits per heavy atom. The highest BCUT2D eigenvalue weighted by Crippen LogP contribution is 2.30. The van der Waals surface area contributed by atoms with Crippen LogP contribution in [0, 0.1) is 5.92 Å². The molecule has 19 heavy (non-hydrogen) atoms. The topological polar surface area (TPSA) is 56.7 Å². The number of hydrogen-bond donors (Lipinski definition) is 1. The van der Waals surface area contributed by atoms with Crippen LogP contribution in [0.2, 0.25) is 0 Å². The first-order chi connectivity index (χ1) is 9.20. The van der Waals surface area contributed by atoms with Crippen LogP contribution in [-0.2, 0) is 6.54 Å². The molecule has 2 heterocycles. The van der Waals surface area contributed by atoms with E-state index in [4.69, 9.17) is 5.11 Å². The fourth-order valence-electron chi connectivity index (χ4n) is 2.50. The van der Waals surface area contributed by atoms with Gasteiger partial charge in [-0.3, -0.25) is 4.90 Å². The van der Waals surface area contributed by atoms with Gasteiger partial charge in [0.1, 0.15) is 0 Å². The van der Waals surface area contributed by atoms with Crippen molar-refractivity contribution >= 4 is 17.3 Å². The third-order valence-corrected chi connectivity index (χ3v) is 4.68. The van der Waals surface area contributed by atoms with Gasteiger partial charge in [-0.2, -0.15) is 0 Å². The number of nitrogens with zero attached hydrogens (tertiary/aromatic N) is 3. The van der Waals surface area contributed by atoms with E-state index in [-0.39, 0.29) is 5.01 Å². The zero-order chi connectivity index (χ0) is 13.2. The van der Waals surface area contributed by atoms with E-state index in [1.807, 2.05) is 5.38 Å². The lowest BCUT2D eigenvalue weighted by atomic mass is 10.2. The largest absolute Gasteiger partial charge is 0.476 e. The molecule has 1 saturated heterocycles. The first-order valence-corrected chi connectivity index (χ1v) is 7.71. The summed E-state index contributed by atoms with van der Waals surface area (Å²) in [6, 6.07) is 0. The van der Waals surface area contributed by atoms with Gasteiger partial charge < -0.3 is 10.0 Å². The highest BCUT2D eigenvalue weighted by Gasteiger charge is 2.26. The monoisotopic (exact) mass is 281 g/mol. The predicted octanol–water partition coefficient (Wildman–Crippen LogP) is 1.37. The van der Waals surface area contributed by atoms with E-state index in [1.165, 1.54) is 30.7 Å². The van der Waals surface area contributed by atoms with Gasteiger partial charge in [-0.25, -0.2) is 9.78 Å². The third kappa shape index (κ3) is 3.52. The maximum atomic E-state index is 10.8. The van der Waals surface area contributed by atoms with Crippen molar-refractivity contribution in [3.63, 3.8) is 0 Å². The number of piperazine rings is 1. The Morgan fingerprint density at radius 3 is 2.58 bits per heavy atom. The van der Waals surface area contributed by atoms with Gasteiger partial charge in [-0.15, -0.1) is 11.3 Å². The average Bonchev–Trinajstić information content (AvgIpc) is 3.08. The Labute approximate surface area is 116 Å². The van der Waals surface area contributed by atoms with Crippen molar-refractivity contribution in [3.05, 3.63) is 16.1 Å². The minimum Gasteiger partial charge on any atom is -0.476 e. The van der Waals surface area contributed by atoms with Crippen molar-refractivity contribution in [3.8, 4) is 0 Å². The van der Waals surface area contributed by atoms with E-state index >= 15 is 0 Å². The molecule has 1 aromatic heterocycles.